The smallest absolute Gasteiger partial charge is 0.258 e. The molecule has 0 aromatic heterocycles. The molecule has 0 radical (unpaired) electrons. The highest BCUT2D eigenvalue weighted by molar-refractivity contribution is 6.30. The largest absolute Gasteiger partial charge is 0.497 e. The molecule has 3 rings (SSSR count). The fourth-order valence-corrected chi connectivity index (χ4v) is 2.25. The molecule has 0 spiro atoms. The van der Waals surface area contributed by atoms with Crippen LogP contribution in [0.2, 0.25) is 0 Å². The lowest BCUT2D eigenvalue weighted by Gasteiger charge is -2.20. The molecule has 0 bridgehead atoms. The van der Waals surface area contributed by atoms with Crippen LogP contribution in [0.25, 0.3) is 0 Å². The molecule has 1 aromatic carbocycles. The molecule has 0 aliphatic carbocycles. The number of methoxy groups -OCH3 is 1. The number of benzene rings is 1. The van der Waals surface area contributed by atoms with Crippen molar-refractivity contribution in [2.24, 2.45) is 0 Å². The van der Waals surface area contributed by atoms with E-state index < -0.39 is 23.6 Å². The van der Waals surface area contributed by atoms with Gasteiger partial charge in [-0.05, 0) is 6.07 Å². The minimum Gasteiger partial charge on any atom is -0.497 e. The van der Waals surface area contributed by atoms with E-state index in [4.69, 9.17) is 4.74 Å². The van der Waals surface area contributed by atoms with Crippen LogP contribution < -0.4 is 14.5 Å². The van der Waals surface area contributed by atoms with Crippen LogP contribution in [0.5, 0.6) is 5.75 Å². The Hall–Kier alpha value is -3.22. The highest BCUT2D eigenvalue weighted by Gasteiger charge is 2.29. The van der Waals surface area contributed by atoms with Gasteiger partial charge < -0.3 is 4.74 Å². The van der Waals surface area contributed by atoms with E-state index in [2.05, 4.69) is 0 Å². The van der Waals surface area contributed by atoms with Gasteiger partial charge in [0.25, 0.3) is 23.6 Å². The molecule has 0 fully saturated rings. The molecule has 2 aliphatic heterocycles. The third-order valence-electron chi connectivity index (χ3n) is 3.25. The number of amides is 4. The van der Waals surface area contributed by atoms with Crippen LogP contribution in [0.1, 0.15) is 0 Å². The lowest BCUT2D eigenvalue weighted by Crippen LogP contribution is -2.32. The molecule has 22 heavy (non-hydrogen) atoms. The van der Waals surface area contributed by atoms with Gasteiger partial charge in [0.1, 0.15) is 5.75 Å². The minimum atomic E-state index is -0.499. The van der Waals surface area contributed by atoms with E-state index >= 15 is 0 Å². The number of rotatable bonds is 3. The van der Waals surface area contributed by atoms with Crippen LogP contribution >= 0.6 is 0 Å². The van der Waals surface area contributed by atoms with Crippen LogP contribution in [0, 0.1) is 0 Å². The number of carbonyl (C=O) groups is 4. The number of anilines is 2. The summed E-state index contributed by atoms with van der Waals surface area (Å²) in [5, 5.41) is 0. The fourth-order valence-electron chi connectivity index (χ4n) is 2.25. The Morgan fingerprint density at radius 2 is 1.05 bits per heavy atom. The summed E-state index contributed by atoms with van der Waals surface area (Å²) in [5.74, 6) is -1.68. The Balaban J connectivity index is 2.08. The zero-order valence-electron chi connectivity index (χ0n) is 11.5. The second-order valence-electron chi connectivity index (χ2n) is 4.58. The standard InChI is InChI=1S/C15H10N2O5/c1-22-11-7-9(16-12(18)2-3-13(16)19)6-10(8-11)17-14(20)4-5-15(17)21/h2-8H,1H3. The number of imide groups is 2. The molecule has 0 N–H and O–H groups in total. The maximum atomic E-state index is 11.8. The van der Waals surface area contributed by atoms with E-state index in [-0.39, 0.29) is 11.4 Å². The maximum absolute atomic E-state index is 11.8. The van der Waals surface area contributed by atoms with Crippen molar-refractivity contribution in [2.45, 2.75) is 0 Å². The van der Waals surface area contributed by atoms with Gasteiger partial charge >= 0.3 is 0 Å². The normalized spacial score (nSPS) is 17.1. The van der Waals surface area contributed by atoms with Crippen molar-refractivity contribution < 1.29 is 23.9 Å². The first-order chi connectivity index (χ1) is 10.5. The van der Waals surface area contributed by atoms with E-state index in [1.165, 1.54) is 25.3 Å². The first-order valence-corrected chi connectivity index (χ1v) is 6.32. The van der Waals surface area contributed by atoms with Crippen molar-refractivity contribution in [1.82, 2.24) is 0 Å². The predicted molar refractivity (Wildman–Crippen MR) is 76.3 cm³/mol. The molecule has 2 heterocycles. The van der Waals surface area contributed by atoms with Crippen molar-refractivity contribution in [2.75, 3.05) is 16.9 Å². The summed E-state index contributed by atoms with van der Waals surface area (Å²) in [4.78, 5) is 48.9. The van der Waals surface area contributed by atoms with Gasteiger partial charge in [-0.2, -0.15) is 0 Å². The average Bonchev–Trinajstić information content (AvgIpc) is 3.00. The van der Waals surface area contributed by atoms with Crippen LogP contribution in [0.15, 0.2) is 42.5 Å². The molecular weight excluding hydrogens is 288 g/mol. The zero-order chi connectivity index (χ0) is 15.9. The predicted octanol–water partition coefficient (Wildman–Crippen LogP) is 0.554. The molecule has 0 atom stereocenters. The van der Waals surface area contributed by atoms with Crippen molar-refractivity contribution >= 4 is 35.0 Å². The fraction of sp³-hybridized carbons (Fsp3) is 0.0667. The minimum absolute atomic E-state index is 0.224. The quantitative estimate of drug-likeness (QED) is 0.761. The summed E-state index contributed by atoms with van der Waals surface area (Å²) in [5.41, 5.74) is 0.448. The second-order valence-corrected chi connectivity index (χ2v) is 4.58. The first-order valence-electron chi connectivity index (χ1n) is 6.32. The number of hydrogen-bond donors (Lipinski definition) is 0. The summed E-state index contributed by atoms with van der Waals surface area (Å²) in [6.45, 7) is 0. The Bertz CT molecular complexity index is 682. The molecule has 110 valence electrons. The van der Waals surface area contributed by atoms with Crippen molar-refractivity contribution in [3.63, 3.8) is 0 Å². The van der Waals surface area contributed by atoms with Gasteiger partial charge in [-0.15, -0.1) is 0 Å². The first kappa shape index (κ1) is 13.7. The van der Waals surface area contributed by atoms with E-state index in [0.717, 1.165) is 34.1 Å². The summed E-state index contributed by atoms with van der Waals surface area (Å²) in [6.07, 6.45) is 4.59. The van der Waals surface area contributed by atoms with Gasteiger partial charge in [-0.25, -0.2) is 9.80 Å². The highest BCUT2D eigenvalue weighted by Crippen LogP contribution is 2.32. The van der Waals surface area contributed by atoms with E-state index in [9.17, 15) is 19.2 Å². The summed E-state index contributed by atoms with van der Waals surface area (Å²) in [7, 11) is 1.40. The van der Waals surface area contributed by atoms with E-state index in [1.807, 2.05) is 0 Å². The molecule has 2 aliphatic rings. The topological polar surface area (TPSA) is 84.0 Å². The second kappa shape index (κ2) is 4.96. The average molecular weight is 298 g/mol. The molecular formula is C15H10N2O5. The number of carbonyl (C=O) groups excluding carboxylic acids is 4. The van der Waals surface area contributed by atoms with Crippen LogP contribution in [-0.4, -0.2) is 30.7 Å². The van der Waals surface area contributed by atoms with Gasteiger partial charge in [-0.3, -0.25) is 19.2 Å². The van der Waals surface area contributed by atoms with Crippen LogP contribution in [-0.2, 0) is 19.2 Å². The van der Waals surface area contributed by atoms with Gasteiger partial charge in [0.15, 0.2) is 0 Å². The molecule has 0 unspecified atom stereocenters. The van der Waals surface area contributed by atoms with Crippen molar-refractivity contribution in [3.8, 4) is 5.75 Å². The monoisotopic (exact) mass is 298 g/mol. The summed E-state index contributed by atoms with van der Waals surface area (Å²) in [6, 6.07) is 4.36. The number of nitrogens with zero attached hydrogens (tertiary/aromatic N) is 2. The Labute approximate surface area is 125 Å². The lowest BCUT2D eigenvalue weighted by atomic mass is 10.2. The SMILES string of the molecule is COc1cc(N2C(=O)C=CC2=O)cc(N2C(=O)C=CC2=O)c1. The Morgan fingerprint density at radius 1 is 0.682 bits per heavy atom. The van der Waals surface area contributed by atoms with Crippen molar-refractivity contribution in [1.29, 1.82) is 0 Å². The Kier molecular flexibility index (Phi) is 3.10. The van der Waals surface area contributed by atoms with Gasteiger partial charge in [0, 0.05) is 36.4 Å². The number of hydrogen-bond acceptors (Lipinski definition) is 5. The Morgan fingerprint density at radius 3 is 1.36 bits per heavy atom. The van der Waals surface area contributed by atoms with Crippen LogP contribution in [0.3, 0.4) is 0 Å². The zero-order valence-corrected chi connectivity index (χ0v) is 11.5. The van der Waals surface area contributed by atoms with Gasteiger partial charge in [0.2, 0.25) is 0 Å². The highest BCUT2D eigenvalue weighted by atomic mass is 16.5. The molecule has 0 saturated heterocycles. The van der Waals surface area contributed by atoms with Crippen LogP contribution in [0.4, 0.5) is 11.4 Å². The van der Waals surface area contributed by atoms with Crippen molar-refractivity contribution in [3.05, 3.63) is 42.5 Å². The lowest BCUT2D eigenvalue weighted by molar-refractivity contribution is -0.121. The molecule has 7 nitrogen and oxygen atoms in total. The summed E-state index contributed by atoms with van der Waals surface area (Å²) >= 11 is 0. The molecule has 4 amide bonds. The number of ether oxygens (including phenoxy) is 1. The molecule has 0 saturated carbocycles. The summed E-state index contributed by atoms with van der Waals surface area (Å²) < 4.78 is 5.12. The van der Waals surface area contributed by atoms with Gasteiger partial charge in [-0.1, -0.05) is 0 Å². The molecule has 7 heteroatoms. The van der Waals surface area contributed by atoms with E-state index in [0.29, 0.717) is 5.75 Å². The molecule has 1 aromatic rings. The third-order valence-corrected chi connectivity index (χ3v) is 3.25. The van der Waals surface area contributed by atoms with E-state index in [1.54, 1.807) is 0 Å². The maximum Gasteiger partial charge on any atom is 0.258 e. The van der Waals surface area contributed by atoms with Gasteiger partial charge in [0.05, 0.1) is 18.5 Å². The third kappa shape index (κ3) is 2.08.